The van der Waals surface area contributed by atoms with Gasteiger partial charge in [-0.1, -0.05) is 12.1 Å². The number of hydrogen-bond donors (Lipinski definition) is 1. The number of ether oxygens (including phenoxy) is 1. The summed E-state index contributed by atoms with van der Waals surface area (Å²) in [5, 5.41) is 8.24. The normalized spacial score (nSPS) is 30.6. The van der Waals surface area contributed by atoms with Gasteiger partial charge in [0.15, 0.2) is 9.84 Å². The first-order valence-corrected chi connectivity index (χ1v) is 7.33. The van der Waals surface area contributed by atoms with E-state index in [9.17, 15) is 8.42 Å². The highest BCUT2D eigenvalue weighted by molar-refractivity contribution is 7.91. The van der Waals surface area contributed by atoms with E-state index in [0.717, 1.165) is 11.8 Å². The molecular formula is C12H14N2O3S. The molecule has 0 spiro atoms. The molecule has 6 heteroatoms. The topological polar surface area (TPSA) is 93.2 Å². The van der Waals surface area contributed by atoms with E-state index in [4.69, 9.17) is 15.7 Å². The van der Waals surface area contributed by atoms with E-state index in [1.165, 1.54) is 0 Å². The molecule has 0 aromatic heterocycles. The van der Waals surface area contributed by atoms with E-state index >= 15 is 0 Å². The molecular weight excluding hydrogens is 252 g/mol. The Hall–Kier alpha value is -1.58. The smallest absolute Gasteiger partial charge is 0.153 e. The molecule has 0 amide bonds. The first kappa shape index (κ1) is 12.9. The standard InChI is InChI=1S/C12H14N2O3S/c1-17-9-5-3-8(4-6-9)10-11(18(2,15)16)12(10,14)7-13/h3-6,10-11H,14H2,1-2H3/t10-,11-,12+/m1/s1. The second-order valence-electron chi connectivity index (χ2n) is 4.55. The molecule has 3 atom stereocenters. The van der Waals surface area contributed by atoms with Crippen LogP contribution in [0.3, 0.4) is 0 Å². The van der Waals surface area contributed by atoms with Crippen molar-refractivity contribution in [1.82, 2.24) is 0 Å². The van der Waals surface area contributed by atoms with Crippen LogP contribution in [0.15, 0.2) is 24.3 Å². The number of nitrogens with two attached hydrogens (primary N) is 1. The average Bonchev–Trinajstić information content (AvgIpc) is 2.97. The minimum absolute atomic E-state index is 0.469. The molecule has 0 saturated heterocycles. The quantitative estimate of drug-likeness (QED) is 0.856. The van der Waals surface area contributed by atoms with Crippen LogP contribution in [0.25, 0.3) is 0 Å². The van der Waals surface area contributed by atoms with Crippen molar-refractivity contribution in [2.24, 2.45) is 5.73 Å². The van der Waals surface area contributed by atoms with E-state index in [1.54, 1.807) is 31.4 Å². The molecule has 1 aliphatic carbocycles. The average molecular weight is 266 g/mol. The first-order chi connectivity index (χ1) is 8.34. The maximum atomic E-state index is 11.6. The van der Waals surface area contributed by atoms with Gasteiger partial charge in [0.2, 0.25) is 0 Å². The number of methoxy groups -OCH3 is 1. The fourth-order valence-electron chi connectivity index (χ4n) is 2.37. The number of nitrogens with zero attached hydrogens (tertiary/aromatic N) is 1. The van der Waals surface area contributed by atoms with Crippen LogP contribution >= 0.6 is 0 Å². The van der Waals surface area contributed by atoms with Crippen LogP contribution in [-0.4, -0.2) is 32.6 Å². The van der Waals surface area contributed by atoms with Crippen LogP contribution in [0, 0.1) is 11.3 Å². The maximum Gasteiger partial charge on any atom is 0.153 e. The molecule has 0 radical (unpaired) electrons. The van der Waals surface area contributed by atoms with Crippen molar-refractivity contribution in [3.63, 3.8) is 0 Å². The van der Waals surface area contributed by atoms with Crippen LogP contribution < -0.4 is 10.5 Å². The molecule has 2 rings (SSSR count). The summed E-state index contributed by atoms with van der Waals surface area (Å²) in [7, 11) is -1.79. The van der Waals surface area contributed by atoms with Crippen LogP contribution in [0.2, 0.25) is 0 Å². The number of hydrogen-bond acceptors (Lipinski definition) is 5. The van der Waals surface area contributed by atoms with Crippen LogP contribution in [0.1, 0.15) is 11.5 Å². The summed E-state index contributed by atoms with van der Waals surface area (Å²) in [5.74, 6) is 0.207. The zero-order valence-corrected chi connectivity index (χ0v) is 10.9. The first-order valence-electron chi connectivity index (χ1n) is 5.37. The molecule has 0 heterocycles. The molecule has 2 N–H and O–H groups in total. The Morgan fingerprint density at radius 1 is 1.39 bits per heavy atom. The van der Waals surface area contributed by atoms with Crippen molar-refractivity contribution in [1.29, 1.82) is 5.26 Å². The number of sulfone groups is 1. The monoisotopic (exact) mass is 266 g/mol. The molecule has 1 aliphatic rings. The zero-order chi connectivity index (χ0) is 13.6. The van der Waals surface area contributed by atoms with Crippen molar-refractivity contribution in [2.75, 3.05) is 13.4 Å². The molecule has 1 fully saturated rings. The lowest BCUT2D eigenvalue weighted by Crippen LogP contribution is -2.28. The van der Waals surface area contributed by atoms with E-state index in [2.05, 4.69) is 0 Å². The maximum absolute atomic E-state index is 11.6. The van der Waals surface area contributed by atoms with Gasteiger partial charge in [0.05, 0.1) is 13.2 Å². The van der Waals surface area contributed by atoms with Gasteiger partial charge in [-0.2, -0.15) is 5.26 Å². The van der Waals surface area contributed by atoms with E-state index in [-0.39, 0.29) is 0 Å². The van der Waals surface area contributed by atoms with Crippen LogP contribution in [-0.2, 0) is 9.84 Å². The SMILES string of the molecule is COc1ccc([C@@H]2[C@@H](S(C)(=O)=O)[C@]2(N)C#N)cc1. The van der Waals surface area contributed by atoms with Crippen molar-refractivity contribution >= 4 is 9.84 Å². The van der Waals surface area contributed by atoms with Gasteiger partial charge in [0, 0.05) is 12.2 Å². The summed E-state index contributed by atoms with van der Waals surface area (Å²) in [5.41, 5.74) is 5.28. The summed E-state index contributed by atoms with van der Waals surface area (Å²) in [4.78, 5) is 0. The van der Waals surface area contributed by atoms with Crippen LogP contribution in [0.4, 0.5) is 0 Å². The third kappa shape index (κ3) is 1.85. The van der Waals surface area contributed by atoms with Gasteiger partial charge in [-0.15, -0.1) is 0 Å². The van der Waals surface area contributed by atoms with Crippen LogP contribution in [0.5, 0.6) is 5.75 Å². The summed E-state index contributed by atoms with van der Waals surface area (Å²) in [6, 6.07) is 8.86. The van der Waals surface area contributed by atoms with E-state index < -0.39 is 26.5 Å². The van der Waals surface area contributed by atoms with Gasteiger partial charge in [0.25, 0.3) is 0 Å². The van der Waals surface area contributed by atoms with Crippen molar-refractivity contribution in [3.8, 4) is 11.8 Å². The molecule has 96 valence electrons. The van der Waals surface area contributed by atoms with Gasteiger partial charge < -0.3 is 10.5 Å². The Balaban J connectivity index is 2.37. The van der Waals surface area contributed by atoms with E-state index in [1.807, 2.05) is 6.07 Å². The Morgan fingerprint density at radius 2 is 1.94 bits per heavy atom. The van der Waals surface area contributed by atoms with Crippen molar-refractivity contribution in [3.05, 3.63) is 29.8 Å². The van der Waals surface area contributed by atoms with Gasteiger partial charge in [-0.3, -0.25) is 0 Å². The zero-order valence-electron chi connectivity index (χ0n) is 10.1. The van der Waals surface area contributed by atoms with E-state index in [0.29, 0.717) is 5.75 Å². The van der Waals surface area contributed by atoms with Gasteiger partial charge in [-0.05, 0) is 17.7 Å². The molecule has 5 nitrogen and oxygen atoms in total. The number of nitriles is 1. The molecule has 1 saturated carbocycles. The number of rotatable bonds is 3. The second kappa shape index (κ2) is 3.97. The summed E-state index contributed by atoms with van der Waals surface area (Å²) >= 11 is 0. The largest absolute Gasteiger partial charge is 0.497 e. The molecule has 1 aromatic carbocycles. The van der Waals surface area contributed by atoms with Gasteiger partial charge >= 0.3 is 0 Å². The Labute approximate surface area is 106 Å². The lowest BCUT2D eigenvalue weighted by atomic mass is 10.1. The number of benzene rings is 1. The van der Waals surface area contributed by atoms with Gasteiger partial charge in [0.1, 0.15) is 16.5 Å². The predicted octanol–water partition coefficient (Wildman–Crippen LogP) is 0.427. The molecule has 0 bridgehead atoms. The minimum atomic E-state index is -3.34. The summed E-state index contributed by atoms with van der Waals surface area (Å²) in [6.07, 6.45) is 1.11. The third-order valence-corrected chi connectivity index (χ3v) is 4.89. The molecule has 1 aromatic rings. The Kier molecular flexibility index (Phi) is 2.84. The Bertz CT molecular complexity index is 603. The highest BCUT2D eigenvalue weighted by atomic mass is 32.2. The third-order valence-electron chi connectivity index (χ3n) is 3.31. The predicted molar refractivity (Wildman–Crippen MR) is 66.9 cm³/mol. The fraction of sp³-hybridized carbons (Fsp3) is 0.417. The molecule has 0 aliphatic heterocycles. The lowest BCUT2D eigenvalue weighted by Gasteiger charge is -2.03. The van der Waals surface area contributed by atoms with Crippen molar-refractivity contribution in [2.45, 2.75) is 16.7 Å². The highest BCUT2D eigenvalue weighted by Gasteiger charge is 2.69. The van der Waals surface area contributed by atoms with Gasteiger partial charge in [-0.25, -0.2) is 8.42 Å². The summed E-state index contributed by atoms with van der Waals surface area (Å²) in [6.45, 7) is 0. The minimum Gasteiger partial charge on any atom is -0.497 e. The Morgan fingerprint density at radius 3 is 2.28 bits per heavy atom. The molecule has 18 heavy (non-hydrogen) atoms. The summed E-state index contributed by atoms with van der Waals surface area (Å²) < 4.78 is 28.3. The van der Waals surface area contributed by atoms with Crippen molar-refractivity contribution < 1.29 is 13.2 Å². The fourth-order valence-corrected chi connectivity index (χ4v) is 4.08. The highest BCUT2D eigenvalue weighted by Crippen LogP contribution is 2.53. The lowest BCUT2D eigenvalue weighted by molar-refractivity contribution is 0.414. The molecule has 0 unspecified atom stereocenters. The second-order valence-corrected chi connectivity index (χ2v) is 6.71.